The molecule has 13 heteroatoms. The number of hydrogen-bond donors (Lipinski definition) is 4. The minimum absolute atomic E-state index is 0.0253. The lowest BCUT2D eigenvalue weighted by Crippen LogP contribution is -2.54. The fourth-order valence-electron chi connectivity index (χ4n) is 3.36. The number of nitrogens with one attached hydrogen (secondary N) is 2. The van der Waals surface area contributed by atoms with Gasteiger partial charge >= 0.3 is 18.0 Å². The van der Waals surface area contributed by atoms with Gasteiger partial charge in [-0.1, -0.05) is 42.5 Å². The Morgan fingerprint density at radius 3 is 2.19 bits per heavy atom. The molecule has 198 valence electrons. The average Bonchev–Trinajstić information content (AvgIpc) is 2.88. The quantitative estimate of drug-likeness (QED) is 0.172. The van der Waals surface area contributed by atoms with Crippen LogP contribution in [0.2, 0.25) is 0 Å². The first kappa shape index (κ1) is 28.7. The van der Waals surface area contributed by atoms with Gasteiger partial charge in [-0.15, -0.1) is 0 Å². The maximum absolute atomic E-state index is 12.8. The van der Waals surface area contributed by atoms with Gasteiger partial charge in [0.2, 0.25) is 5.91 Å². The number of aliphatic hydroxyl groups is 1. The number of ether oxygens (including phenoxy) is 2. The first-order valence-electron chi connectivity index (χ1n) is 11.2. The van der Waals surface area contributed by atoms with Crippen molar-refractivity contribution in [3.63, 3.8) is 0 Å². The molecule has 2 aromatic carbocycles. The third-order valence-corrected chi connectivity index (χ3v) is 5.19. The number of carboxylic acid groups (broad SMARTS) is 1. The number of carbonyl (C=O) groups excluding carboxylic acids is 3. The number of amides is 2. The van der Waals surface area contributed by atoms with Crippen molar-refractivity contribution in [1.82, 2.24) is 10.6 Å². The molecule has 0 fully saturated rings. The van der Waals surface area contributed by atoms with Gasteiger partial charge < -0.3 is 30.3 Å². The van der Waals surface area contributed by atoms with Crippen LogP contribution >= 0.6 is 0 Å². The van der Waals surface area contributed by atoms with E-state index in [1.165, 1.54) is 12.1 Å². The van der Waals surface area contributed by atoms with E-state index in [2.05, 4.69) is 10.6 Å². The molecular formula is C24H27N3O10. The lowest BCUT2D eigenvalue weighted by atomic mass is 9.88. The zero-order valence-corrected chi connectivity index (χ0v) is 19.9. The van der Waals surface area contributed by atoms with E-state index in [9.17, 15) is 39.5 Å². The highest BCUT2D eigenvalue weighted by atomic mass is 16.6. The highest BCUT2D eigenvalue weighted by Crippen LogP contribution is 2.27. The molecule has 0 bridgehead atoms. The van der Waals surface area contributed by atoms with E-state index >= 15 is 0 Å². The van der Waals surface area contributed by atoms with Gasteiger partial charge in [-0.25, -0.2) is 9.59 Å². The Hall–Kier alpha value is -4.52. The standard InChI is InChI=1S/C24H27N3O10/c1-2-36-20(29)12-18(16-8-10-17(11-9-16)27(34)35)21(23(31)32)26-22(30)19(13-28)25-24(33)37-14-15-6-4-3-5-7-15/h3-11,18-19,21,28H,2,12-14H2,1H3,(H,25,33)(H,26,30)(H,31,32)/t18-,19+,21-/m1/s1. The van der Waals surface area contributed by atoms with Crippen molar-refractivity contribution >= 4 is 29.6 Å². The van der Waals surface area contributed by atoms with Gasteiger partial charge in [0, 0.05) is 18.1 Å². The summed E-state index contributed by atoms with van der Waals surface area (Å²) in [6, 6.07) is 10.2. The molecule has 0 heterocycles. The van der Waals surface area contributed by atoms with Gasteiger partial charge in [0.1, 0.15) is 18.7 Å². The van der Waals surface area contributed by atoms with Crippen molar-refractivity contribution in [2.45, 2.75) is 38.0 Å². The van der Waals surface area contributed by atoms with Crippen molar-refractivity contribution in [3.8, 4) is 0 Å². The first-order chi connectivity index (χ1) is 17.7. The van der Waals surface area contributed by atoms with Crippen LogP contribution in [-0.4, -0.2) is 64.4 Å². The Morgan fingerprint density at radius 2 is 1.65 bits per heavy atom. The zero-order chi connectivity index (χ0) is 27.4. The summed E-state index contributed by atoms with van der Waals surface area (Å²) < 4.78 is 9.93. The fraction of sp³-hybridized carbons (Fsp3) is 0.333. The summed E-state index contributed by atoms with van der Waals surface area (Å²) in [6.45, 7) is 0.603. The molecule has 0 aliphatic heterocycles. The predicted octanol–water partition coefficient (Wildman–Crippen LogP) is 1.49. The number of alkyl carbamates (subject to hydrolysis) is 1. The van der Waals surface area contributed by atoms with Crippen LogP contribution in [0.5, 0.6) is 0 Å². The molecule has 13 nitrogen and oxygen atoms in total. The zero-order valence-electron chi connectivity index (χ0n) is 19.9. The molecule has 2 amide bonds. The number of non-ortho nitro benzene ring substituents is 1. The van der Waals surface area contributed by atoms with E-state index < -0.39 is 59.9 Å². The van der Waals surface area contributed by atoms with E-state index in [-0.39, 0.29) is 24.5 Å². The molecule has 0 spiro atoms. The molecule has 0 aliphatic rings. The van der Waals surface area contributed by atoms with Crippen LogP contribution in [0.15, 0.2) is 54.6 Å². The van der Waals surface area contributed by atoms with Crippen LogP contribution < -0.4 is 10.6 Å². The highest BCUT2D eigenvalue weighted by Gasteiger charge is 2.35. The number of nitro benzene ring substituents is 1. The number of nitro groups is 1. The summed E-state index contributed by atoms with van der Waals surface area (Å²) in [5.74, 6) is -4.52. The van der Waals surface area contributed by atoms with Crippen molar-refractivity contribution in [2.75, 3.05) is 13.2 Å². The summed E-state index contributed by atoms with van der Waals surface area (Å²) in [5.41, 5.74) is 0.633. The molecular weight excluding hydrogens is 490 g/mol. The molecule has 3 atom stereocenters. The Balaban J connectivity index is 2.18. The molecule has 2 rings (SSSR count). The predicted molar refractivity (Wildman–Crippen MR) is 127 cm³/mol. The molecule has 0 aromatic heterocycles. The molecule has 37 heavy (non-hydrogen) atoms. The Morgan fingerprint density at radius 1 is 1.00 bits per heavy atom. The fourth-order valence-corrected chi connectivity index (χ4v) is 3.36. The molecule has 0 saturated carbocycles. The van der Waals surface area contributed by atoms with Crippen LogP contribution in [0.4, 0.5) is 10.5 Å². The van der Waals surface area contributed by atoms with Crippen molar-refractivity contribution < 1.29 is 43.8 Å². The Bertz CT molecular complexity index is 1090. The number of carboxylic acids is 1. The third kappa shape index (κ3) is 8.89. The van der Waals surface area contributed by atoms with Gasteiger partial charge in [0.05, 0.1) is 24.6 Å². The normalized spacial score (nSPS) is 12.9. The van der Waals surface area contributed by atoms with Crippen LogP contribution in [0, 0.1) is 10.1 Å². The third-order valence-electron chi connectivity index (χ3n) is 5.19. The number of carbonyl (C=O) groups is 4. The lowest BCUT2D eigenvalue weighted by Gasteiger charge is -2.26. The number of esters is 1. The van der Waals surface area contributed by atoms with Gasteiger partial charge in [0.25, 0.3) is 5.69 Å². The van der Waals surface area contributed by atoms with E-state index in [4.69, 9.17) is 9.47 Å². The van der Waals surface area contributed by atoms with Crippen LogP contribution in [0.1, 0.15) is 30.4 Å². The average molecular weight is 517 g/mol. The maximum Gasteiger partial charge on any atom is 0.408 e. The number of rotatable bonds is 13. The van der Waals surface area contributed by atoms with Gasteiger partial charge in [-0.2, -0.15) is 0 Å². The topological polar surface area (TPSA) is 194 Å². The minimum Gasteiger partial charge on any atom is -0.480 e. The highest BCUT2D eigenvalue weighted by molar-refractivity contribution is 5.90. The summed E-state index contributed by atoms with van der Waals surface area (Å²) in [7, 11) is 0. The number of benzene rings is 2. The van der Waals surface area contributed by atoms with E-state index in [0.29, 0.717) is 5.56 Å². The second-order valence-electron chi connectivity index (χ2n) is 7.73. The number of aliphatic carboxylic acids is 1. The Labute approximate surface area is 211 Å². The van der Waals surface area contributed by atoms with Crippen LogP contribution in [0.3, 0.4) is 0 Å². The van der Waals surface area contributed by atoms with Crippen LogP contribution in [0.25, 0.3) is 0 Å². The summed E-state index contributed by atoms with van der Waals surface area (Å²) in [6.07, 6.45) is -1.50. The summed E-state index contributed by atoms with van der Waals surface area (Å²) in [5, 5.41) is 34.8. The minimum atomic E-state index is -1.71. The second-order valence-corrected chi connectivity index (χ2v) is 7.73. The number of aliphatic hydroxyl groups excluding tert-OH is 1. The molecule has 0 aliphatic carbocycles. The first-order valence-corrected chi connectivity index (χ1v) is 11.2. The molecule has 0 saturated heterocycles. The van der Waals surface area contributed by atoms with Crippen molar-refractivity contribution in [2.24, 2.45) is 0 Å². The largest absolute Gasteiger partial charge is 0.480 e. The SMILES string of the molecule is CCOC(=O)C[C@H](c1ccc([N+](=O)[O-])cc1)[C@@H](NC(=O)[C@H](CO)NC(=O)OCc1ccccc1)C(=O)O. The molecule has 0 radical (unpaired) electrons. The smallest absolute Gasteiger partial charge is 0.408 e. The van der Waals surface area contributed by atoms with E-state index in [1.54, 1.807) is 37.3 Å². The van der Waals surface area contributed by atoms with Gasteiger partial charge in [-0.3, -0.25) is 19.7 Å². The summed E-state index contributed by atoms with van der Waals surface area (Å²) >= 11 is 0. The van der Waals surface area contributed by atoms with E-state index in [1.807, 2.05) is 0 Å². The van der Waals surface area contributed by atoms with Crippen molar-refractivity contribution in [1.29, 1.82) is 0 Å². The van der Waals surface area contributed by atoms with Gasteiger partial charge in [-0.05, 0) is 18.1 Å². The van der Waals surface area contributed by atoms with Crippen molar-refractivity contribution in [3.05, 3.63) is 75.8 Å². The molecule has 2 aromatic rings. The monoisotopic (exact) mass is 517 g/mol. The molecule has 0 unspecified atom stereocenters. The summed E-state index contributed by atoms with van der Waals surface area (Å²) in [4.78, 5) is 59.5. The van der Waals surface area contributed by atoms with Gasteiger partial charge in [0.15, 0.2) is 0 Å². The Kier molecular flexibility index (Phi) is 11.0. The second kappa shape index (κ2) is 14.1. The number of hydrogen-bond acceptors (Lipinski definition) is 9. The molecule has 4 N–H and O–H groups in total. The van der Waals surface area contributed by atoms with E-state index in [0.717, 1.165) is 12.1 Å². The lowest BCUT2D eigenvalue weighted by molar-refractivity contribution is -0.384. The number of nitrogens with zero attached hydrogens (tertiary/aromatic N) is 1. The van der Waals surface area contributed by atoms with Crippen LogP contribution in [-0.2, 0) is 30.5 Å². The maximum atomic E-state index is 12.8.